The van der Waals surface area contributed by atoms with Gasteiger partial charge in [-0.25, -0.2) is 17.6 Å². The van der Waals surface area contributed by atoms with Crippen LogP contribution in [0.4, 0.5) is 28.9 Å². The highest BCUT2D eigenvalue weighted by atomic mass is 19.1. The van der Waals surface area contributed by atoms with Gasteiger partial charge in [0.1, 0.15) is 45.8 Å². The summed E-state index contributed by atoms with van der Waals surface area (Å²) in [5.41, 5.74) is 4.49. The maximum atomic E-state index is 13.7. The van der Waals surface area contributed by atoms with Gasteiger partial charge in [0, 0.05) is 25.8 Å². The van der Waals surface area contributed by atoms with Crippen molar-refractivity contribution < 1.29 is 41.5 Å². The molecule has 5 rings (SSSR count). The first-order valence-electron chi connectivity index (χ1n) is 18.6. The summed E-state index contributed by atoms with van der Waals surface area (Å²) in [6.07, 6.45) is 13.6. The number of rotatable bonds is 13. The minimum Gasteiger partial charge on any atom is -0.385 e. The fourth-order valence-corrected chi connectivity index (χ4v) is 5.38. The first-order valence-corrected chi connectivity index (χ1v) is 18.6. The quantitative estimate of drug-likeness (QED) is 0.0343. The Morgan fingerprint density at radius 1 is 0.821 bits per heavy atom. The molecular weight excluding hydrogens is 736 g/mol. The van der Waals surface area contributed by atoms with E-state index in [-0.39, 0.29) is 28.8 Å². The van der Waals surface area contributed by atoms with Gasteiger partial charge in [0.2, 0.25) is 0 Å². The number of carbonyl (C=O) groups excluding carboxylic acids is 4. The number of aromatic nitrogens is 4. The molecule has 0 saturated heterocycles. The molecule has 1 saturated carbocycles. The van der Waals surface area contributed by atoms with Crippen molar-refractivity contribution in [2.24, 2.45) is 5.73 Å². The third-order valence-electron chi connectivity index (χ3n) is 8.42. The predicted octanol–water partition coefficient (Wildman–Crippen LogP) is 7.71. The van der Waals surface area contributed by atoms with E-state index in [0.29, 0.717) is 12.3 Å². The van der Waals surface area contributed by atoms with E-state index in [1.165, 1.54) is 24.9 Å². The molecule has 4 aromatic rings. The molecule has 0 aliphatic heterocycles. The average Bonchev–Trinajstić information content (AvgIpc) is 3.77. The Bertz CT molecular complexity index is 1770. The maximum Gasteiger partial charge on any atom is 0.271 e. The normalized spacial score (nSPS) is 12.9. The molecule has 17 heteroatoms. The summed E-state index contributed by atoms with van der Waals surface area (Å²) in [5, 5.41) is 19.6. The SMILES string of the molecule is CC.CCC(N)CCCCOC.O=C(NC1CCCCCC1)c1[nH]ncc1NC(=O)c1c(F)cccc1F.O=Cc1[nH]ncc1NC(=O)c1c(F)cccc1F. The van der Waals surface area contributed by atoms with Gasteiger partial charge in [-0.2, -0.15) is 10.2 Å². The van der Waals surface area contributed by atoms with Gasteiger partial charge in [-0.3, -0.25) is 29.4 Å². The monoisotopic (exact) mass is 788 g/mol. The van der Waals surface area contributed by atoms with Crippen molar-refractivity contribution in [3.05, 3.63) is 94.6 Å². The molecule has 306 valence electrons. The summed E-state index contributed by atoms with van der Waals surface area (Å²) in [5.74, 6) is -6.29. The summed E-state index contributed by atoms with van der Waals surface area (Å²) < 4.78 is 59.0. The Balaban J connectivity index is 0.000000313. The lowest BCUT2D eigenvalue weighted by Crippen LogP contribution is -2.35. The van der Waals surface area contributed by atoms with Crippen LogP contribution in [0.5, 0.6) is 0 Å². The van der Waals surface area contributed by atoms with Gasteiger partial charge < -0.3 is 26.4 Å². The van der Waals surface area contributed by atoms with Crippen LogP contribution in [0.1, 0.15) is 127 Å². The van der Waals surface area contributed by atoms with E-state index >= 15 is 0 Å². The second kappa shape index (κ2) is 25.6. The number of nitrogens with zero attached hydrogens (tertiary/aromatic N) is 2. The van der Waals surface area contributed by atoms with Crippen LogP contribution in [0.2, 0.25) is 0 Å². The number of amides is 3. The number of ether oxygens (including phenoxy) is 1. The van der Waals surface area contributed by atoms with E-state index < -0.39 is 52.1 Å². The number of methoxy groups -OCH3 is 1. The topological polar surface area (TPSA) is 197 Å². The molecule has 56 heavy (non-hydrogen) atoms. The maximum absolute atomic E-state index is 13.7. The van der Waals surface area contributed by atoms with Crippen molar-refractivity contribution in [3.8, 4) is 0 Å². The van der Waals surface area contributed by atoms with E-state index in [1.807, 2.05) is 13.8 Å². The lowest BCUT2D eigenvalue weighted by atomic mass is 10.1. The smallest absolute Gasteiger partial charge is 0.271 e. The molecule has 2 aromatic heterocycles. The van der Waals surface area contributed by atoms with Crippen molar-refractivity contribution in [2.45, 2.75) is 97.1 Å². The number of aromatic amines is 2. The standard InChI is InChI=1S/C18H20F2N4O2.C11H7F2N3O2.C8H19NO.C2H6/c19-12-8-5-9-13(20)15(12)17(25)23-14-10-21-24-16(14)18(26)22-11-6-3-1-2-4-7-11;12-6-2-1-3-7(13)10(6)11(18)15-8-4-14-16-9(8)5-17;1-3-8(9)6-4-5-7-10-2;1-2/h5,8-11H,1-4,6-7H2,(H,21,24)(H,22,26)(H,23,25);1-5H,(H,14,16)(H,15,18);8H,3-7,9H2,1-2H3;1-2H3. The molecule has 0 spiro atoms. The minimum absolute atomic E-state index is 0.0140. The molecule has 2 aromatic carbocycles. The molecule has 0 bridgehead atoms. The molecule has 1 unspecified atom stereocenters. The summed E-state index contributed by atoms with van der Waals surface area (Å²) in [6.45, 7) is 7.00. The first kappa shape index (κ1) is 46.7. The summed E-state index contributed by atoms with van der Waals surface area (Å²) in [4.78, 5) is 46.9. The van der Waals surface area contributed by atoms with E-state index in [1.54, 1.807) is 7.11 Å². The van der Waals surface area contributed by atoms with Crippen LogP contribution in [0, 0.1) is 23.3 Å². The van der Waals surface area contributed by atoms with Gasteiger partial charge in [-0.15, -0.1) is 0 Å². The number of hydrogen-bond acceptors (Lipinski definition) is 8. The van der Waals surface area contributed by atoms with E-state index in [0.717, 1.165) is 94.7 Å². The number of nitrogens with two attached hydrogens (primary N) is 1. The molecule has 1 aliphatic rings. The molecule has 7 N–H and O–H groups in total. The molecule has 2 heterocycles. The average molecular weight is 789 g/mol. The lowest BCUT2D eigenvalue weighted by molar-refractivity contribution is 0.0928. The lowest BCUT2D eigenvalue weighted by Gasteiger charge is -2.16. The minimum atomic E-state index is -0.991. The number of anilines is 2. The van der Waals surface area contributed by atoms with Gasteiger partial charge >= 0.3 is 0 Å². The van der Waals surface area contributed by atoms with Crippen molar-refractivity contribution in [2.75, 3.05) is 24.4 Å². The van der Waals surface area contributed by atoms with Gasteiger partial charge in [-0.05, 0) is 62.8 Å². The van der Waals surface area contributed by atoms with Crippen molar-refractivity contribution in [1.82, 2.24) is 25.7 Å². The van der Waals surface area contributed by atoms with Crippen LogP contribution in [0.15, 0.2) is 48.8 Å². The van der Waals surface area contributed by atoms with E-state index in [2.05, 4.69) is 43.3 Å². The molecule has 1 fully saturated rings. The van der Waals surface area contributed by atoms with Crippen molar-refractivity contribution in [3.63, 3.8) is 0 Å². The number of unbranched alkanes of at least 4 members (excludes halogenated alkanes) is 1. The zero-order chi connectivity index (χ0) is 41.5. The predicted molar refractivity (Wildman–Crippen MR) is 205 cm³/mol. The highest BCUT2D eigenvalue weighted by Crippen LogP contribution is 2.21. The fourth-order valence-electron chi connectivity index (χ4n) is 5.38. The van der Waals surface area contributed by atoms with Crippen LogP contribution in [0.25, 0.3) is 0 Å². The Kier molecular flexibility index (Phi) is 21.4. The number of nitrogens with one attached hydrogen (secondary N) is 5. The van der Waals surface area contributed by atoms with Crippen LogP contribution < -0.4 is 21.7 Å². The van der Waals surface area contributed by atoms with Crippen LogP contribution in [-0.4, -0.2) is 70.2 Å². The molecule has 0 radical (unpaired) electrons. The van der Waals surface area contributed by atoms with Gasteiger partial charge in [0.15, 0.2) is 6.29 Å². The van der Waals surface area contributed by atoms with E-state index in [9.17, 15) is 36.7 Å². The van der Waals surface area contributed by atoms with Gasteiger partial charge in [0.25, 0.3) is 17.7 Å². The molecule has 3 amide bonds. The van der Waals surface area contributed by atoms with Crippen molar-refractivity contribution >= 4 is 35.4 Å². The van der Waals surface area contributed by atoms with Gasteiger partial charge in [0.05, 0.1) is 23.8 Å². The summed E-state index contributed by atoms with van der Waals surface area (Å²) in [6, 6.07) is 6.71. The third kappa shape index (κ3) is 15.0. The third-order valence-corrected chi connectivity index (χ3v) is 8.42. The summed E-state index contributed by atoms with van der Waals surface area (Å²) in [7, 11) is 1.74. The Labute approximate surface area is 323 Å². The number of carbonyl (C=O) groups is 4. The fraction of sp³-hybridized carbons (Fsp3) is 0.436. The highest BCUT2D eigenvalue weighted by Gasteiger charge is 2.23. The Morgan fingerprint density at radius 2 is 1.32 bits per heavy atom. The van der Waals surface area contributed by atoms with E-state index in [4.69, 9.17) is 10.5 Å². The molecule has 1 aliphatic carbocycles. The largest absolute Gasteiger partial charge is 0.385 e. The van der Waals surface area contributed by atoms with Crippen LogP contribution in [0.3, 0.4) is 0 Å². The number of H-pyrrole nitrogens is 2. The second-order valence-electron chi connectivity index (χ2n) is 12.4. The van der Waals surface area contributed by atoms with Crippen LogP contribution in [-0.2, 0) is 4.74 Å². The Morgan fingerprint density at radius 3 is 1.82 bits per heavy atom. The number of halogens is 4. The Hall–Kier alpha value is -5.42. The molecular formula is C39H52F4N8O5. The number of hydrogen-bond donors (Lipinski definition) is 6. The van der Waals surface area contributed by atoms with Gasteiger partial charge in [-0.1, -0.05) is 58.6 Å². The number of benzene rings is 2. The van der Waals surface area contributed by atoms with Crippen LogP contribution >= 0.6 is 0 Å². The zero-order valence-electron chi connectivity index (χ0n) is 32.2. The zero-order valence-corrected chi connectivity index (χ0v) is 32.2. The second-order valence-corrected chi connectivity index (χ2v) is 12.4. The molecule has 1 atom stereocenters. The number of aldehydes is 1. The highest BCUT2D eigenvalue weighted by molar-refractivity contribution is 6.08. The summed E-state index contributed by atoms with van der Waals surface area (Å²) >= 11 is 0. The van der Waals surface area contributed by atoms with Crippen molar-refractivity contribution in [1.29, 1.82) is 0 Å². The molecule has 13 nitrogen and oxygen atoms in total. The first-order chi connectivity index (χ1) is 27.0.